The van der Waals surface area contributed by atoms with Gasteiger partial charge >= 0.3 is 0 Å². The number of nitrogens with zero attached hydrogens (tertiary/aromatic N) is 1. The number of piperidine rings is 1. The van der Waals surface area contributed by atoms with Gasteiger partial charge in [-0.15, -0.1) is 0 Å². The van der Waals surface area contributed by atoms with E-state index in [0.29, 0.717) is 47.2 Å². The van der Waals surface area contributed by atoms with Crippen LogP contribution in [-0.2, 0) is 21.9 Å². The van der Waals surface area contributed by atoms with Crippen molar-refractivity contribution in [1.29, 1.82) is 0 Å². The number of nitrogens with one attached hydrogen (secondary N) is 3. The molecule has 2 heterocycles. The number of pyridine rings is 1. The third-order valence-electron chi connectivity index (χ3n) is 8.05. The van der Waals surface area contributed by atoms with Gasteiger partial charge < -0.3 is 20.1 Å². The van der Waals surface area contributed by atoms with Crippen LogP contribution >= 0.6 is 0 Å². The molecule has 1 saturated carbocycles. The Morgan fingerprint density at radius 2 is 1.74 bits per heavy atom. The number of carbonyl (C=O) groups is 1. The molecule has 230 valence electrons. The van der Waals surface area contributed by atoms with Crippen molar-refractivity contribution < 1.29 is 22.7 Å². The van der Waals surface area contributed by atoms with Crippen molar-refractivity contribution in [2.75, 3.05) is 30.2 Å². The van der Waals surface area contributed by atoms with Crippen molar-refractivity contribution in [3.63, 3.8) is 0 Å². The van der Waals surface area contributed by atoms with Crippen LogP contribution in [0.3, 0.4) is 0 Å². The lowest BCUT2D eigenvalue weighted by molar-refractivity contribution is 0.102. The third-order valence-corrected chi connectivity index (χ3v) is 9.90. The van der Waals surface area contributed by atoms with Crippen molar-refractivity contribution in [2.45, 2.75) is 70.5 Å². The van der Waals surface area contributed by atoms with E-state index in [2.05, 4.69) is 20.3 Å². The summed E-state index contributed by atoms with van der Waals surface area (Å²) in [6.07, 6.45) is 6.23. The molecule has 0 radical (unpaired) electrons. The summed E-state index contributed by atoms with van der Waals surface area (Å²) in [5.74, 6) is 1.74. The summed E-state index contributed by atoms with van der Waals surface area (Å²) >= 11 is 0. The van der Waals surface area contributed by atoms with Crippen molar-refractivity contribution >= 4 is 27.3 Å². The topological polar surface area (TPSA) is 119 Å². The summed E-state index contributed by atoms with van der Waals surface area (Å²) in [5, 5.41) is 5.96. The van der Waals surface area contributed by atoms with Crippen LogP contribution in [0.5, 0.6) is 17.2 Å². The van der Waals surface area contributed by atoms with Gasteiger partial charge in [-0.25, -0.2) is 8.42 Å². The smallest absolute Gasteiger partial charge is 0.255 e. The summed E-state index contributed by atoms with van der Waals surface area (Å²) < 4.78 is 40.2. The second-order valence-corrected chi connectivity index (χ2v) is 14.6. The summed E-state index contributed by atoms with van der Waals surface area (Å²) in [7, 11) is -2.09. The SMILES string of the molecule is COc1c(NC(=O)c2ccc(C)c(Oc3ccnc(CC4CCNCC4)c3)c2)cc(C(C)(C)C)cc1NS(=O)(=O)C1CC1. The van der Waals surface area contributed by atoms with Gasteiger partial charge in [0, 0.05) is 23.5 Å². The van der Waals surface area contributed by atoms with Crippen molar-refractivity contribution in [3.05, 3.63) is 71.0 Å². The Kier molecular flexibility index (Phi) is 8.99. The first-order valence-corrected chi connectivity index (χ1v) is 16.5. The van der Waals surface area contributed by atoms with Crippen LogP contribution < -0.4 is 24.8 Å². The lowest BCUT2D eigenvalue weighted by Gasteiger charge is -2.24. The fraction of sp³-hybridized carbons (Fsp3) is 0.455. The zero-order valence-corrected chi connectivity index (χ0v) is 26.4. The fourth-order valence-corrected chi connectivity index (χ4v) is 6.63. The van der Waals surface area contributed by atoms with E-state index in [-0.39, 0.29) is 17.1 Å². The van der Waals surface area contributed by atoms with E-state index in [4.69, 9.17) is 9.47 Å². The molecule has 1 aliphatic carbocycles. The van der Waals surface area contributed by atoms with Gasteiger partial charge in [-0.2, -0.15) is 0 Å². The van der Waals surface area contributed by atoms with Gasteiger partial charge in [0.2, 0.25) is 10.0 Å². The highest BCUT2D eigenvalue weighted by Crippen LogP contribution is 2.41. The average molecular weight is 607 g/mol. The maximum absolute atomic E-state index is 13.6. The lowest BCUT2D eigenvalue weighted by atomic mass is 9.86. The number of carbonyl (C=O) groups excluding carboxylic acids is 1. The Morgan fingerprint density at radius 3 is 2.42 bits per heavy atom. The fourth-order valence-electron chi connectivity index (χ4n) is 5.25. The van der Waals surface area contributed by atoms with Crippen molar-refractivity contribution in [1.82, 2.24) is 10.3 Å². The molecule has 2 aromatic carbocycles. The molecule has 1 amide bonds. The molecule has 2 fully saturated rings. The average Bonchev–Trinajstić information content (AvgIpc) is 3.81. The Bertz CT molecular complexity index is 1590. The predicted octanol–water partition coefficient (Wildman–Crippen LogP) is 6.19. The third kappa shape index (κ3) is 7.67. The summed E-state index contributed by atoms with van der Waals surface area (Å²) in [6.45, 7) is 10.1. The number of benzene rings is 2. The molecule has 43 heavy (non-hydrogen) atoms. The molecular weight excluding hydrogens is 564 g/mol. The number of hydrogen-bond donors (Lipinski definition) is 3. The Balaban J connectivity index is 1.38. The van der Waals surface area contributed by atoms with E-state index in [0.717, 1.165) is 49.2 Å². The number of rotatable bonds is 10. The largest absolute Gasteiger partial charge is 0.492 e. The Labute approximate surface area is 254 Å². The minimum Gasteiger partial charge on any atom is -0.492 e. The van der Waals surface area contributed by atoms with Gasteiger partial charge in [-0.3, -0.25) is 14.5 Å². The predicted molar refractivity (Wildman–Crippen MR) is 170 cm³/mol. The van der Waals surface area contributed by atoms with E-state index < -0.39 is 15.3 Å². The molecule has 10 heteroatoms. The zero-order chi connectivity index (χ0) is 30.8. The van der Waals surface area contributed by atoms with Crippen LogP contribution in [0.1, 0.15) is 73.6 Å². The van der Waals surface area contributed by atoms with E-state index in [1.54, 1.807) is 24.4 Å². The lowest BCUT2D eigenvalue weighted by Crippen LogP contribution is -2.28. The molecule has 5 rings (SSSR count). The summed E-state index contributed by atoms with van der Waals surface area (Å²) in [6, 6.07) is 12.7. The Morgan fingerprint density at radius 1 is 1.02 bits per heavy atom. The molecule has 3 N–H and O–H groups in total. The van der Waals surface area contributed by atoms with Gasteiger partial charge in [-0.1, -0.05) is 26.8 Å². The monoisotopic (exact) mass is 606 g/mol. The molecule has 9 nitrogen and oxygen atoms in total. The molecule has 0 spiro atoms. The van der Waals surface area contributed by atoms with Crippen LogP contribution in [0.25, 0.3) is 0 Å². The quantitative estimate of drug-likeness (QED) is 0.252. The molecule has 0 bridgehead atoms. The first kappa shape index (κ1) is 30.8. The summed E-state index contributed by atoms with van der Waals surface area (Å²) in [4.78, 5) is 18.1. The number of sulfonamides is 1. The summed E-state index contributed by atoms with van der Waals surface area (Å²) in [5.41, 5.74) is 3.51. The Hall–Kier alpha value is -3.63. The van der Waals surface area contributed by atoms with Crippen LogP contribution in [0.2, 0.25) is 0 Å². The molecular formula is C33H42N4O5S. The first-order valence-electron chi connectivity index (χ1n) is 14.9. The van der Waals surface area contributed by atoms with Crippen LogP contribution in [-0.4, -0.2) is 44.8 Å². The minimum absolute atomic E-state index is 0.257. The van der Waals surface area contributed by atoms with E-state index in [9.17, 15) is 13.2 Å². The first-order chi connectivity index (χ1) is 20.4. The highest BCUT2D eigenvalue weighted by Gasteiger charge is 2.36. The van der Waals surface area contributed by atoms with Crippen LogP contribution in [0, 0.1) is 12.8 Å². The van der Waals surface area contributed by atoms with Gasteiger partial charge in [-0.05, 0) is 105 Å². The number of anilines is 2. The van der Waals surface area contributed by atoms with Crippen LogP contribution in [0.15, 0.2) is 48.7 Å². The van der Waals surface area contributed by atoms with Crippen molar-refractivity contribution in [3.8, 4) is 17.2 Å². The molecule has 0 atom stereocenters. The molecule has 1 aliphatic heterocycles. The number of aryl methyl sites for hydroxylation is 1. The highest BCUT2D eigenvalue weighted by atomic mass is 32.2. The van der Waals surface area contributed by atoms with Crippen molar-refractivity contribution in [2.24, 2.45) is 5.92 Å². The number of hydrogen-bond acceptors (Lipinski definition) is 7. The number of amides is 1. The highest BCUT2D eigenvalue weighted by molar-refractivity contribution is 7.93. The molecule has 2 aliphatic rings. The molecule has 1 saturated heterocycles. The molecule has 0 unspecified atom stereocenters. The normalized spacial score (nSPS) is 16.0. The van der Waals surface area contributed by atoms with E-state index in [1.807, 2.05) is 52.0 Å². The minimum atomic E-state index is -3.55. The zero-order valence-electron chi connectivity index (χ0n) is 25.6. The number of ether oxygens (including phenoxy) is 2. The van der Waals surface area contributed by atoms with E-state index in [1.165, 1.54) is 7.11 Å². The number of aromatic nitrogens is 1. The number of methoxy groups -OCH3 is 1. The molecule has 1 aromatic heterocycles. The maximum atomic E-state index is 13.6. The maximum Gasteiger partial charge on any atom is 0.255 e. The van der Waals surface area contributed by atoms with Crippen LogP contribution in [0.4, 0.5) is 11.4 Å². The second kappa shape index (κ2) is 12.5. The molecule has 3 aromatic rings. The standard InChI is InChI=1S/C33H42N4O5S/c1-21-6-7-23(17-30(21)42-26-12-15-35-25(20-26)16-22-10-13-34-14-11-22)32(38)36-28-18-24(33(2,3)4)19-29(31(28)41-5)37-43(39,40)27-8-9-27/h6-7,12,15,17-20,22,27,34,37H,8-11,13-14,16H2,1-5H3,(H,36,38). The van der Waals surface area contributed by atoms with Gasteiger partial charge in [0.15, 0.2) is 5.75 Å². The van der Waals surface area contributed by atoms with Gasteiger partial charge in [0.05, 0.1) is 23.7 Å². The van der Waals surface area contributed by atoms with Gasteiger partial charge in [0.1, 0.15) is 11.5 Å². The van der Waals surface area contributed by atoms with E-state index >= 15 is 0 Å². The second-order valence-electron chi connectivity index (χ2n) is 12.6. The van der Waals surface area contributed by atoms with Gasteiger partial charge in [0.25, 0.3) is 5.91 Å².